The van der Waals surface area contributed by atoms with Crippen LogP contribution < -0.4 is 19.1 Å². The van der Waals surface area contributed by atoms with Gasteiger partial charge < -0.3 is 14.8 Å². The Kier molecular flexibility index (Phi) is 7.72. The second kappa shape index (κ2) is 9.84. The van der Waals surface area contributed by atoms with Crippen molar-refractivity contribution in [2.24, 2.45) is 0 Å². The zero-order valence-electron chi connectivity index (χ0n) is 18.3. The lowest BCUT2D eigenvalue weighted by Gasteiger charge is -2.29. The van der Waals surface area contributed by atoms with E-state index in [0.717, 1.165) is 27.4 Å². The van der Waals surface area contributed by atoms with E-state index in [-0.39, 0.29) is 12.6 Å². The number of hydrogen-bond acceptors (Lipinski definition) is 5. The lowest BCUT2D eigenvalue weighted by Crippen LogP contribution is -2.50. The molecule has 1 N–H and O–H groups in total. The van der Waals surface area contributed by atoms with Gasteiger partial charge in [0.25, 0.3) is 0 Å². The quantitative estimate of drug-likeness (QED) is 0.656. The Bertz CT molecular complexity index is 974. The van der Waals surface area contributed by atoms with Crippen LogP contribution in [0.1, 0.15) is 25.0 Å². The molecule has 30 heavy (non-hydrogen) atoms. The molecular weight excluding hydrogens is 404 g/mol. The summed E-state index contributed by atoms with van der Waals surface area (Å²) in [6.07, 6.45) is 1.10. The maximum atomic E-state index is 12.8. The highest BCUT2D eigenvalue weighted by Crippen LogP contribution is 2.24. The van der Waals surface area contributed by atoms with Gasteiger partial charge in [0.2, 0.25) is 15.9 Å². The molecule has 2 atom stereocenters. The van der Waals surface area contributed by atoms with E-state index in [4.69, 9.17) is 9.47 Å². The number of amides is 1. The van der Waals surface area contributed by atoms with Crippen molar-refractivity contribution >= 4 is 21.6 Å². The van der Waals surface area contributed by atoms with Crippen LogP contribution in [0.15, 0.2) is 42.5 Å². The van der Waals surface area contributed by atoms with Gasteiger partial charge in [0.05, 0.1) is 25.1 Å². The van der Waals surface area contributed by atoms with Crippen molar-refractivity contribution in [3.63, 3.8) is 0 Å². The second-order valence-corrected chi connectivity index (χ2v) is 9.26. The SMILES string of the molecule is COc1ccc(OCC(C)NC(=O)C(C)N(c2ccc(C)c(C)c2)S(C)(=O)=O)cc1. The number of carbonyl (C=O) groups is 1. The van der Waals surface area contributed by atoms with E-state index in [2.05, 4.69) is 5.32 Å². The maximum absolute atomic E-state index is 12.8. The van der Waals surface area contributed by atoms with Crippen LogP contribution in [0.25, 0.3) is 0 Å². The lowest BCUT2D eigenvalue weighted by atomic mass is 10.1. The van der Waals surface area contributed by atoms with Gasteiger partial charge in [-0.3, -0.25) is 9.10 Å². The van der Waals surface area contributed by atoms with E-state index < -0.39 is 22.0 Å². The summed E-state index contributed by atoms with van der Waals surface area (Å²) in [4.78, 5) is 12.8. The predicted octanol–water partition coefficient (Wildman–Crippen LogP) is 3.05. The van der Waals surface area contributed by atoms with Gasteiger partial charge in [-0.15, -0.1) is 0 Å². The highest BCUT2D eigenvalue weighted by atomic mass is 32.2. The Morgan fingerprint density at radius 2 is 1.63 bits per heavy atom. The summed E-state index contributed by atoms with van der Waals surface area (Å²) in [5, 5.41) is 2.83. The average molecular weight is 435 g/mol. The summed E-state index contributed by atoms with van der Waals surface area (Å²) < 4.78 is 36.8. The molecule has 0 saturated heterocycles. The number of hydrogen-bond donors (Lipinski definition) is 1. The van der Waals surface area contributed by atoms with Crippen molar-refractivity contribution in [3.8, 4) is 11.5 Å². The van der Waals surface area contributed by atoms with Crippen molar-refractivity contribution in [2.75, 3.05) is 24.3 Å². The van der Waals surface area contributed by atoms with Crippen LogP contribution >= 0.6 is 0 Å². The minimum Gasteiger partial charge on any atom is -0.497 e. The van der Waals surface area contributed by atoms with Gasteiger partial charge in [-0.05, 0) is 75.2 Å². The molecule has 0 aliphatic heterocycles. The predicted molar refractivity (Wildman–Crippen MR) is 119 cm³/mol. The van der Waals surface area contributed by atoms with E-state index >= 15 is 0 Å². The first-order valence-electron chi connectivity index (χ1n) is 9.66. The molecule has 0 aliphatic carbocycles. The first kappa shape index (κ1) is 23.5. The van der Waals surface area contributed by atoms with Gasteiger partial charge >= 0.3 is 0 Å². The van der Waals surface area contributed by atoms with Crippen LogP contribution in [0, 0.1) is 13.8 Å². The Hall–Kier alpha value is -2.74. The fourth-order valence-corrected chi connectivity index (χ4v) is 4.14. The number of carbonyl (C=O) groups excluding carboxylic acids is 1. The summed E-state index contributed by atoms with van der Waals surface area (Å²) in [5.41, 5.74) is 2.47. The average Bonchev–Trinajstić information content (AvgIpc) is 2.68. The lowest BCUT2D eigenvalue weighted by molar-refractivity contribution is -0.122. The number of methoxy groups -OCH3 is 1. The number of nitrogens with zero attached hydrogens (tertiary/aromatic N) is 1. The second-order valence-electron chi connectivity index (χ2n) is 7.40. The molecular formula is C22H30N2O5S. The Morgan fingerprint density at radius 1 is 1.03 bits per heavy atom. The van der Waals surface area contributed by atoms with E-state index in [1.54, 1.807) is 57.4 Å². The third kappa shape index (κ3) is 6.13. The van der Waals surface area contributed by atoms with E-state index in [1.165, 1.54) is 0 Å². The third-order valence-electron chi connectivity index (χ3n) is 4.78. The van der Waals surface area contributed by atoms with Gasteiger partial charge in [-0.25, -0.2) is 8.42 Å². The number of rotatable bonds is 9. The molecule has 2 aromatic carbocycles. The van der Waals surface area contributed by atoms with Crippen LogP contribution in [-0.4, -0.2) is 46.4 Å². The molecule has 0 spiro atoms. The molecule has 8 heteroatoms. The molecule has 7 nitrogen and oxygen atoms in total. The van der Waals surface area contributed by atoms with Crippen LogP contribution in [-0.2, 0) is 14.8 Å². The van der Waals surface area contributed by atoms with Crippen LogP contribution in [0.2, 0.25) is 0 Å². The molecule has 0 heterocycles. The first-order chi connectivity index (χ1) is 14.0. The first-order valence-corrected chi connectivity index (χ1v) is 11.5. The number of ether oxygens (including phenoxy) is 2. The number of anilines is 1. The maximum Gasteiger partial charge on any atom is 0.243 e. The molecule has 2 aromatic rings. The van der Waals surface area contributed by atoms with Gasteiger partial charge in [0.1, 0.15) is 24.1 Å². The van der Waals surface area contributed by atoms with Gasteiger partial charge in [0, 0.05) is 0 Å². The van der Waals surface area contributed by atoms with Crippen LogP contribution in [0.3, 0.4) is 0 Å². The molecule has 0 saturated carbocycles. The molecule has 0 aliphatic rings. The fourth-order valence-electron chi connectivity index (χ4n) is 2.97. The molecule has 0 aromatic heterocycles. The smallest absolute Gasteiger partial charge is 0.243 e. The van der Waals surface area contributed by atoms with E-state index in [0.29, 0.717) is 11.4 Å². The highest BCUT2D eigenvalue weighted by Gasteiger charge is 2.30. The monoisotopic (exact) mass is 434 g/mol. The Morgan fingerprint density at radius 3 is 2.17 bits per heavy atom. The molecule has 0 bridgehead atoms. The number of benzene rings is 2. The Labute approximate surface area is 179 Å². The summed E-state index contributed by atoms with van der Waals surface area (Å²) >= 11 is 0. The largest absolute Gasteiger partial charge is 0.497 e. The van der Waals surface area contributed by atoms with E-state index in [1.807, 2.05) is 19.9 Å². The number of nitrogens with one attached hydrogen (secondary N) is 1. The molecule has 1 amide bonds. The zero-order valence-corrected chi connectivity index (χ0v) is 19.1. The summed E-state index contributed by atoms with van der Waals surface area (Å²) in [5.74, 6) is 0.979. The van der Waals surface area contributed by atoms with E-state index in [9.17, 15) is 13.2 Å². The minimum absolute atomic E-state index is 0.243. The molecule has 0 fully saturated rings. The molecule has 164 valence electrons. The molecule has 0 radical (unpaired) electrons. The topological polar surface area (TPSA) is 84.9 Å². The Balaban J connectivity index is 2.05. The van der Waals surface area contributed by atoms with Gasteiger partial charge in [-0.2, -0.15) is 0 Å². The van der Waals surface area contributed by atoms with Crippen LogP contribution in [0.4, 0.5) is 5.69 Å². The standard InChI is InChI=1S/C22H30N2O5S/c1-15-7-8-19(13-16(15)2)24(30(6,26)27)18(4)22(25)23-17(3)14-29-21-11-9-20(28-5)10-12-21/h7-13,17-18H,14H2,1-6H3,(H,23,25). The minimum atomic E-state index is -3.66. The molecule has 2 unspecified atom stereocenters. The van der Waals surface area contributed by atoms with Gasteiger partial charge in [0.15, 0.2) is 0 Å². The van der Waals surface area contributed by atoms with Crippen LogP contribution in [0.5, 0.6) is 11.5 Å². The molecule has 2 rings (SSSR count). The van der Waals surface area contributed by atoms with Crippen molar-refractivity contribution in [1.82, 2.24) is 5.32 Å². The number of sulfonamides is 1. The highest BCUT2D eigenvalue weighted by molar-refractivity contribution is 7.92. The van der Waals surface area contributed by atoms with Crippen molar-refractivity contribution < 1.29 is 22.7 Å². The van der Waals surface area contributed by atoms with Crippen molar-refractivity contribution in [2.45, 2.75) is 39.8 Å². The summed E-state index contributed by atoms with van der Waals surface area (Å²) in [6.45, 7) is 7.47. The van der Waals surface area contributed by atoms with Crippen molar-refractivity contribution in [3.05, 3.63) is 53.6 Å². The third-order valence-corrected chi connectivity index (χ3v) is 6.02. The summed E-state index contributed by atoms with van der Waals surface area (Å²) in [7, 11) is -2.07. The normalized spacial score (nSPS) is 13.3. The van der Waals surface area contributed by atoms with Crippen molar-refractivity contribution in [1.29, 1.82) is 0 Å². The number of aryl methyl sites for hydroxylation is 2. The zero-order chi connectivity index (χ0) is 22.5. The summed E-state index contributed by atoms with van der Waals surface area (Å²) in [6, 6.07) is 11.2. The van der Waals surface area contributed by atoms with Gasteiger partial charge in [-0.1, -0.05) is 6.07 Å². The fraction of sp³-hybridized carbons (Fsp3) is 0.409.